The number of fused-ring (bicyclic) bond motifs is 1. The topological polar surface area (TPSA) is 200 Å². The van der Waals surface area contributed by atoms with Gasteiger partial charge in [0.25, 0.3) is 10.1 Å². The van der Waals surface area contributed by atoms with Gasteiger partial charge in [-0.2, -0.15) is 8.42 Å². The van der Waals surface area contributed by atoms with E-state index in [-0.39, 0.29) is 11.1 Å². The molecule has 3 rings (SSSR count). The third-order valence-electron chi connectivity index (χ3n) is 4.35. The lowest BCUT2D eigenvalue weighted by Crippen LogP contribution is -1.97. The van der Waals surface area contributed by atoms with Crippen LogP contribution in [0, 0.1) is 14.7 Å². The van der Waals surface area contributed by atoms with Gasteiger partial charge in [-0.05, 0) is 41.8 Å². The fraction of sp³-hybridized carbons (Fsp3) is 0.0588. The van der Waals surface area contributed by atoms with Gasteiger partial charge in [-0.15, -0.1) is 24.9 Å². The molecule has 0 saturated carbocycles. The second-order valence-electron chi connectivity index (χ2n) is 6.14. The van der Waals surface area contributed by atoms with Crippen LogP contribution in [0.3, 0.4) is 0 Å². The first-order valence-corrected chi connectivity index (χ1v) is 11.5. The Morgan fingerprint density at radius 1 is 0.875 bits per heavy atom. The summed E-state index contributed by atoms with van der Waals surface area (Å²) in [5, 5.41) is 21.6. The van der Waals surface area contributed by atoms with Crippen LogP contribution in [0.2, 0.25) is 0 Å². The largest absolute Gasteiger partial charge is 0.505 e. The highest BCUT2D eigenvalue weighted by atomic mass is 32.3. The van der Waals surface area contributed by atoms with Crippen molar-refractivity contribution in [3.63, 3.8) is 0 Å². The molecule has 0 unspecified atom stereocenters. The Morgan fingerprint density at radius 2 is 1.53 bits per heavy atom. The van der Waals surface area contributed by atoms with Crippen molar-refractivity contribution in [1.29, 1.82) is 0 Å². The number of aromatic hydroxyl groups is 1. The second-order valence-corrected chi connectivity index (χ2v) is 9.46. The van der Waals surface area contributed by atoms with Gasteiger partial charge in [-0.3, -0.25) is 4.55 Å². The Labute approximate surface area is 182 Å². The lowest BCUT2D eigenvalue weighted by molar-refractivity contribution is 0.481. The minimum absolute atomic E-state index is 0.209. The summed E-state index contributed by atoms with van der Waals surface area (Å²) in [7, 11) is -7.12. The molecule has 0 fully saturated rings. The standard InChI is InChI=1S/C17H14N6O7S2/c1-18-11-6-7-12-10(8-11)9-15(31(21-25,22-26)23-27)16(17(12)24)20-19-13-4-2-3-5-14(13)32(28,29)30/h2-9,18,24H,1H3,(H,28,29,30). The fourth-order valence-electron chi connectivity index (χ4n) is 2.84. The average Bonchev–Trinajstić information content (AvgIpc) is 2.79. The summed E-state index contributed by atoms with van der Waals surface area (Å²) in [5.41, 5.74) is -0.241. The van der Waals surface area contributed by atoms with Crippen LogP contribution in [0.1, 0.15) is 0 Å². The molecule has 0 aliphatic carbocycles. The van der Waals surface area contributed by atoms with Crippen LogP contribution in [-0.4, -0.2) is 25.1 Å². The second kappa shape index (κ2) is 8.74. The molecule has 32 heavy (non-hydrogen) atoms. The number of phenolic OH excluding ortho intramolecular Hbond substituents is 1. The molecule has 0 heterocycles. The zero-order valence-corrected chi connectivity index (χ0v) is 17.7. The first-order valence-electron chi connectivity index (χ1n) is 8.53. The van der Waals surface area contributed by atoms with E-state index in [0.717, 1.165) is 6.07 Å². The highest BCUT2D eigenvalue weighted by Crippen LogP contribution is 2.64. The third-order valence-corrected chi connectivity index (χ3v) is 6.77. The number of anilines is 1. The van der Waals surface area contributed by atoms with Crippen molar-refractivity contribution in [2.45, 2.75) is 9.79 Å². The number of nitrogens with one attached hydrogen (secondary N) is 1. The molecule has 15 heteroatoms. The predicted octanol–water partition coefficient (Wildman–Crippen LogP) is 5.46. The van der Waals surface area contributed by atoms with E-state index in [1.807, 2.05) is 0 Å². The number of rotatable bonds is 8. The van der Waals surface area contributed by atoms with Gasteiger partial charge in [0.15, 0.2) is 16.3 Å². The minimum Gasteiger partial charge on any atom is -0.505 e. The van der Waals surface area contributed by atoms with Gasteiger partial charge in [0.1, 0.15) is 16.3 Å². The van der Waals surface area contributed by atoms with E-state index in [0.29, 0.717) is 11.1 Å². The number of nitrogens with zero attached hydrogens (tertiary/aromatic N) is 5. The first-order chi connectivity index (χ1) is 15.2. The van der Waals surface area contributed by atoms with Gasteiger partial charge in [0.2, 0.25) is 0 Å². The Kier molecular flexibility index (Phi) is 6.24. The molecule has 0 aliphatic heterocycles. The van der Waals surface area contributed by atoms with E-state index < -0.39 is 41.9 Å². The predicted molar refractivity (Wildman–Crippen MR) is 119 cm³/mol. The fourth-order valence-corrected chi connectivity index (χ4v) is 4.46. The smallest absolute Gasteiger partial charge is 0.296 e. The molecule has 0 aliphatic rings. The third kappa shape index (κ3) is 4.03. The number of nitroso groups, excluding NO2 is 3. The SMILES string of the molecule is CNc1ccc2c(O)c(N=Nc3ccccc3S(=O)(=O)O)c(S(N=O)(N=O)N=O)cc2c1. The monoisotopic (exact) mass is 478 g/mol. The number of hydrogen-bond acceptors (Lipinski definition) is 12. The number of phenols is 1. The highest BCUT2D eigenvalue weighted by Gasteiger charge is 2.36. The van der Waals surface area contributed by atoms with E-state index in [9.17, 15) is 32.8 Å². The van der Waals surface area contributed by atoms with Crippen molar-refractivity contribution < 1.29 is 18.1 Å². The molecule has 3 N–H and O–H groups in total. The Hall–Kier alpha value is -3.82. The van der Waals surface area contributed by atoms with Gasteiger partial charge in [0, 0.05) is 31.9 Å². The molecular weight excluding hydrogens is 464 g/mol. The summed E-state index contributed by atoms with van der Waals surface area (Å²) in [6.07, 6.45) is 0. The molecule has 0 atom stereocenters. The van der Waals surface area contributed by atoms with Gasteiger partial charge < -0.3 is 10.4 Å². The van der Waals surface area contributed by atoms with Crippen molar-refractivity contribution in [3.8, 4) is 5.75 Å². The van der Waals surface area contributed by atoms with E-state index >= 15 is 0 Å². The van der Waals surface area contributed by atoms with E-state index in [4.69, 9.17) is 0 Å². The van der Waals surface area contributed by atoms with Crippen molar-refractivity contribution in [3.05, 3.63) is 63.3 Å². The molecule has 3 aromatic carbocycles. The summed E-state index contributed by atoms with van der Waals surface area (Å²) in [5.74, 6) is -0.582. The number of azo groups is 1. The maximum absolute atomic E-state index is 11.6. The van der Waals surface area contributed by atoms with Gasteiger partial charge in [-0.1, -0.05) is 12.1 Å². The van der Waals surface area contributed by atoms with Crippen molar-refractivity contribution in [2.75, 3.05) is 12.4 Å². The molecule has 13 nitrogen and oxygen atoms in total. The lowest BCUT2D eigenvalue weighted by atomic mass is 10.1. The first kappa shape index (κ1) is 22.9. The summed E-state index contributed by atoms with van der Waals surface area (Å²) in [6.45, 7) is 0. The van der Waals surface area contributed by atoms with E-state index in [1.54, 1.807) is 19.2 Å². The molecule has 0 bridgehead atoms. The van der Waals surface area contributed by atoms with Crippen LogP contribution >= 0.6 is 10.6 Å². The molecule has 0 aromatic heterocycles. The zero-order valence-electron chi connectivity index (χ0n) is 16.1. The van der Waals surface area contributed by atoms with E-state index in [2.05, 4.69) is 29.3 Å². The number of benzene rings is 3. The molecule has 3 aromatic rings. The Balaban J connectivity index is 2.35. The lowest BCUT2D eigenvalue weighted by Gasteiger charge is -2.18. The van der Waals surface area contributed by atoms with Gasteiger partial charge in [0.05, 0.1) is 4.90 Å². The maximum Gasteiger partial charge on any atom is 0.296 e. The quantitative estimate of drug-likeness (QED) is 0.215. The zero-order chi connectivity index (χ0) is 23.5. The number of hydrogen-bond donors (Lipinski definition) is 3. The van der Waals surface area contributed by atoms with Crippen LogP contribution in [0.15, 0.2) is 82.3 Å². The Morgan fingerprint density at radius 3 is 2.12 bits per heavy atom. The summed E-state index contributed by atoms with van der Waals surface area (Å²) in [6, 6.07) is 10.9. The van der Waals surface area contributed by atoms with Crippen molar-refractivity contribution in [2.24, 2.45) is 24.0 Å². The summed E-state index contributed by atoms with van der Waals surface area (Å²) >= 11 is 0. The molecule has 0 saturated heterocycles. The van der Waals surface area contributed by atoms with Gasteiger partial charge in [-0.25, -0.2) is 0 Å². The summed E-state index contributed by atoms with van der Waals surface area (Å²) in [4.78, 5) is 33.1. The molecule has 166 valence electrons. The average molecular weight is 478 g/mol. The summed E-state index contributed by atoms with van der Waals surface area (Å²) < 4.78 is 40.0. The molecule has 0 spiro atoms. The van der Waals surface area contributed by atoms with Crippen molar-refractivity contribution >= 4 is 48.5 Å². The van der Waals surface area contributed by atoms with Crippen LogP contribution < -0.4 is 5.32 Å². The molecule has 0 amide bonds. The Bertz CT molecular complexity index is 1360. The van der Waals surface area contributed by atoms with E-state index in [1.165, 1.54) is 30.3 Å². The normalized spacial score (nSPS) is 12.6. The van der Waals surface area contributed by atoms with Crippen LogP contribution in [0.25, 0.3) is 10.8 Å². The molecular formula is C17H14N6O7S2. The minimum atomic E-state index is -4.67. The van der Waals surface area contributed by atoms with Crippen LogP contribution in [0.4, 0.5) is 17.1 Å². The van der Waals surface area contributed by atoms with Crippen LogP contribution in [0.5, 0.6) is 5.75 Å². The molecule has 0 radical (unpaired) electrons. The van der Waals surface area contributed by atoms with Crippen molar-refractivity contribution in [1.82, 2.24) is 0 Å². The van der Waals surface area contributed by atoms with Gasteiger partial charge >= 0.3 is 0 Å². The van der Waals surface area contributed by atoms with Crippen LogP contribution in [-0.2, 0) is 10.1 Å². The highest BCUT2D eigenvalue weighted by molar-refractivity contribution is 8.30. The maximum atomic E-state index is 11.6.